The number of carboxylic acids is 1. The fourth-order valence-corrected chi connectivity index (χ4v) is 4.22. The van der Waals surface area contributed by atoms with Crippen molar-refractivity contribution in [3.05, 3.63) is 95.6 Å². The van der Waals surface area contributed by atoms with E-state index in [0.29, 0.717) is 0 Å². The van der Waals surface area contributed by atoms with Crippen molar-refractivity contribution >= 4 is 5.97 Å². The number of hydrogen-bond acceptors (Lipinski definition) is 7. The zero-order valence-corrected chi connectivity index (χ0v) is 18.4. The number of aromatic hydroxyl groups is 1. The Morgan fingerprint density at radius 1 is 0.794 bits per heavy atom. The molecule has 0 amide bonds. The van der Waals surface area contributed by atoms with Crippen LogP contribution in [-0.4, -0.2) is 62.2 Å². The van der Waals surface area contributed by atoms with Crippen LogP contribution in [0.3, 0.4) is 0 Å². The highest BCUT2D eigenvalue weighted by Gasteiger charge is 2.48. The third-order valence-electron chi connectivity index (χ3n) is 6.29. The summed E-state index contributed by atoms with van der Waals surface area (Å²) < 4.78 is 10.8. The lowest BCUT2D eigenvalue weighted by molar-refractivity contribution is -0.271. The van der Waals surface area contributed by atoms with Crippen LogP contribution < -0.4 is 4.74 Å². The normalized spacial score (nSPS) is 26.4. The number of carboxylic acid groups (broad SMARTS) is 1. The summed E-state index contributed by atoms with van der Waals surface area (Å²) in [4.78, 5) is 11.3. The number of aliphatic hydroxyl groups excluding tert-OH is 3. The molecule has 1 saturated heterocycles. The van der Waals surface area contributed by atoms with Crippen molar-refractivity contribution in [2.75, 3.05) is 0 Å². The number of phenols is 1. The Hall–Kier alpha value is -3.43. The molecule has 1 heterocycles. The van der Waals surface area contributed by atoms with Gasteiger partial charge in [-0.2, -0.15) is 0 Å². The maximum absolute atomic E-state index is 11.3. The van der Waals surface area contributed by atoms with Gasteiger partial charge in [0, 0.05) is 5.41 Å². The topological polar surface area (TPSA) is 137 Å². The molecule has 8 nitrogen and oxygen atoms in total. The second kappa shape index (κ2) is 9.44. The SMILES string of the molecule is CC(c1ccccc1)(c1ccc(O)cc1)c1ccc(O[C@@H]2O[C@H](C(=O)O)[C@@H](O)[C@H](O)[C@H]2O)cc1. The summed E-state index contributed by atoms with van der Waals surface area (Å²) in [6.07, 6.45) is -8.39. The molecule has 1 aliphatic rings. The fourth-order valence-electron chi connectivity index (χ4n) is 4.22. The molecule has 3 aromatic rings. The first-order valence-corrected chi connectivity index (χ1v) is 10.8. The largest absolute Gasteiger partial charge is 0.508 e. The van der Waals surface area contributed by atoms with Crippen LogP contribution in [0.5, 0.6) is 11.5 Å². The summed E-state index contributed by atoms with van der Waals surface area (Å²) in [5, 5.41) is 49.0. The summed E-state index contributed by atoms with van der Waals surface area (Å²) in [5.74, 6) is -1.03. The van der Waals surface area contributed by atoms with Crippen LogP contribution in [-0.2, 0) is 14.9 Å². The van der Waals surface area contributed by atoms with Gasteiger partial charge in [-0.3, -0.25) is 0 Å². The Morgan fingerprint density at radius 3 is 1.88 bits per heavy atom. The fraction of sp³-hybridized carbons (Fsp3) is 0.269. The van der Waals surface area contributed by atoms with Crippen LogP contribution in [0.2, 0.25) is 0 Å². The molecule has 1 unspecified atom stereocenters. The Balaban J connectivity index is 1.63. The number of aliphatic hydroxyl groups is 3. The van der Waals surface area contributed by atoms with Crippen molar-refractivity contribution in [2.24, 2.45) is 0 Å². The Kier molecular flexibility index (Phi) is 6.58. The monoisotopic (exact) mass is 466 g/mol. The maximum atomic E-state index is 11.3. The quantitative estimate of drug-likeness (QED) is 0.348. The maximum Gasteiger partial charge on any atom is 0.335 e. The molecule has 8 heteroatoms. The van der Waals surface area contributed by atoms with E-state index in [-0.39, 0.29) is 11.5 Å². The van der Waals surface area contributed by atoms with E-state index in [2.05, 4.69) is 6.92 Å². The molecule has 0 saturated carbocycles. The van der Waals surface area contributed by atoms with Crippen LogP contribution >= 0.6 is 0 Å². The number of carbonyl (C=O) groups is 1. The molecule has 34 heavy (non-hydrogen) atoms. The van der Waals surface area contributed by atoms with Crippen molar-refractivity contribution < 1.29 is 39.8 Å². The smallest absolute Gasteiger partial charge is 0.335 e. The standard InChI is InChI=1S/C26H26O8/c1-26(15-5-3-2-4-6-15,16-7-11-18(27)12-8-16)17-9-13-19(14-10-17)33-25-22(30)20(28)21(29)23(34-25)24(31)32/h2-14,20-23,25,27-30H,1H3,(H,31,32)/t20-,21-,22+,23-,25+,26?/m0/s1. The van der Waals surface area contributed by atoms with E-state index >= 15 is 0 Å². The zero-order valence-electron chi connectivity index (χ0n) is 18.4. The molecule has 4 rings (SSSR count). The van der Waals surface area contributed by atoms with Crippen molar-refractivity contribution in [1.29, 1.82) is 0 Å². The molecular formula is C26H26O8. The summed E-state index contributed by atoms with van der Waals surface area (Å²) in [5.41, 5.74) is 2.34. The average Bonchev–Trinajstić information content (AvgIpc) is 2.85. The lowest BCUT2D eigenvalue weighted by Gasteiger charge is -2.38. The molecule has 1 fully saturated rings. The zero-order chi connectivity index (χ0) is 24.5. The van der Waals surface area contributed by atoms with Gasteiger partial charge in [0.05, 0.1) is 0 Å². The number of phenolic OH excluding ortho intramolecular Hbond substituents is 1. The van der Waals surface area contributed by atoms with Crippen LogP contribution in [0.15, 0.2) is 78.9 Å². The van der Waals surface area contributed by atoms with E-state index in [4.69, 9.17) is 9.47 Å². The van der Waals surface area contributed by atoms with E-state index in [1.807, 2.05) is 54.6 Å². The van der Waals surface area contributed by atoms with Crippen LogP contribution in [0.4, 0.5) is 0 Å². The molecule has 0 radical (unpaired) electrons. The van der Waals surface area contributed by atoms with Crippen molar-refractivity contribution in [3.63, 3.8) is 0 Å². The number of aliphatic carboxylic acids is 1. The molecule has 6 atom stereocenters. The average molecular weight is 466 g/mol. The summed E-state index contributed by atoms with van der Waals surface area (Å²) in [7, 11) is 0. The first kappa shape index (κ1) is 23.7. The molecule has 0 aliphatic carbocycles. The molecule has 0 aromatic heterocycles. The minimum atomic E-state index is -1.79. The van der Waals surface area contributed by atoms with Gasteiger partial charge in [-0.1, -0.05) is 54.6 Å². The Morgan fingerprint density at radius 2 is 1.32 bits per heavy atom. The molecule has 1 aliphatic heterocycles. The number of rotatable bonds is 6. The van der Waals surface area contributed by atoms with Gasteiger partial charge in [0.2, 0.25) is 6.29 Å². The van der Waals surface area contributed by atoms with E-state index < -0.39 is 42.1 Å². The van der Waals surface area contributed by atoms with Crippen LogP contribution in [0.1, 0.15) is 23.6 Å². The van der Waals surface area contributed by atoms with Crippen molar-refractivity contribution in [1.82, 2.24) is 0 Å². The van der Waals surface area contributed by atoms with Gasteiger partial charge in [0.25, 0.3) is 0 Å². The van der Waals surface area contributed by atoms with E-state index in [9.17, 15) is 30.3 Å². The predicted molar refractivity (Wildman–Crippen MR) is 121 cm³/mol. The molecule has 5 N–H and O–H groups in total. The molecule has 3 aromatic carbocycles. The molecule has 0 bridgehead atoms. The highest BCUT2D eigenvalue weighted by atomic mass is 16.7. The van der Waals surface area contributed by atoms with Crippen LogP contribution in [0.25, 0.3) is 0 Å². The molecule has 178 valence electrons. The summed E-state index contributed by atoms with van der Waals surface area (Å²) >= 11 is 0. The Bertz CT molecular complexity index is 1120. The van der Waals surface area contributed by atoms with Gasteiger partial charge in [-0.25, -0.2) is 4.79 Å². The first-order valence-electron chi connectivity index (χ1n) is 10.8. The summed E-state index contributed by atoms with van der Waals surface area (Å²) in [6, 6.07) is 23.8. The lowest BCUT2D eigenvalue weighted by atomic mass is 9.71. The summed E-state index contributed by atoms with van der Waals surface area (Å²) in [6.45, 7) is 2.06. The van der Waals surface area contributed by atoms with Gasteiger partial charge < -0.3 is 35.0 Å². The van der Waals surface area contributed by atoms with Crippen molar-refractivity contribution in [3.8, 4) is 11.5 Å². The highest BCUT2D eigenvalue weighted by molar-refractivity contribution is 5.73. The second-order valence-electron chi connectivity index (χ2n) is 8.42. The minimum Gasteiger partial charge on any atom is -0.508 e. The van der Waals surface area contributed by atoms with E-state index in [1.54, 1.807) is 24.3 Å². The second-order valence-corrected chi connectivity index (χ2v) is 8.42. The third-order valence-corrected chi connectivity index (χ3v) is 6.29. The Labute approximate surface area is 196 Å². The highest BCUT2D eigenvalue weighted by Crippen LogP contribution is 2.40. The lowest BCUT2D eigenvalue weighted by Crippen LogP contribution is -2.61. The van der Waals surface area contributed by atoms with Gasteiger partial charge in [0.1, 0.15) is 29.8 Å². The number of hydrogen-bond donors (Lipinski definition) is 5. The predicted octanol–water partition coefficient (Wildman–Crippen LogP) is 2.02. The minimum absolute atomic E-state index is 0.168. The number of benzene rings is 3. The first-order chi connectivity index (χ1) is 16.2. The van der Waals surface area contributed by atoms with Crippen molar-refractivity contribution in [2.45, 2.75) is 43.0 Å². The van der Waals surface area contributed by atoms with Gasteiger partial charge in [-0.15, -0.1) is 0 Å². The van der Waals surface area contributed by atoms with E-state index in [1.165, 1.54) is 0 Å². The molecule has 0 spiro atoms. The van der Waals surface area contributed by atoms with Gasteiger partial charge in [-0.05, 0) is 47.9 Å². The number of ether oxygens (including phenoxy) is 2. The molecular weight excluding hydrogens is 440 g/mol. The van der Waals surface area contributed by atoms with Crippen LogP contribution in [0, 0.1) is 0 Å². The van der Waals surface area contributed by atoms with E-state index in [0.717, 1.165) is 16.7 Å². The van der Waals surface area contributed by atoms with Gasteiger partial charge >= 0.3 is 5.97 Å². The third kappa shape index (κ3) is 4.36. The van der Waals surface area contributed by atoms with Gasteiger partial charge in [0.15, 0.2) is 6.10 Å².